The molecule has 0 atom stereocenters. The molecule has 0 aliphatic heterocycles. The summed E-state index contributed by atoms with van der Waals surface area (Å²) < 4.78 is 17.8. The zero-order chi connectivity index (χ0) is 16.8. The van der Waals surface area contributed by atoms with Crippen LogP contribution in [0.4, 0.5) is 4.39 Å². The van der Waals surface area contributed by atoms with E-state index < -0.39 is 5.97 Å². The Morgan fingerprint density at radius 3 is 2.39 bits per heavy atom. The number of nitrogens with zero attached hydrogens (tertiary/aromatic N) is 1. The Kier molecular flexibility index (Phi) is 5.46. The zero-order valence-electron chi connectivity index (χ0n) is 13.1. The number of benzene rings is 2. The summed E-state index contributed by atoms with van der Waals surface area (Å²) in [4.78, 5) is 25.1. The van der Waals surface area contributed by atoms with E-state index in [4.69, 9.17) is 0 Å². The predicted octanol–water partition coefficient (Wildman–Crippen LogP) is 2.81. The molecule has 5 heteroatoms. The van der Waals surface area contributed by atoms with Gasteiger partial charge in [0.25, 0.3) is 0 Å². The summed E-state index contributed by atoms with van der Waals surface area (Å²) in [5.74, 6) is -0.851. The smallest absolute Gasteiger partial charge is 0.337 e. The van der Waals surface area contributed by atoms with Gasteiger partial charge in [-0.15, -0.1) is 0 Å². The van der Waals surface area contributed by atoms with Crippen molar-refractivity contribution in [2.45, 2.75) is 13.0 Å². The molecular weight excluding hydrogens is 297 g/mol. The van der Waals surface area contributed by atoms with E-state index in [9.17, 15) is 14.0 Å². The van der Waals surface area contributed by atoms with Gasteiger partial charge in [0.2, 0.25) is 5.91 Å². The van der Waals surface area contributed by atoms with Crippen molar-refractivity contribution in [1.29, 1.82) is 0 Å². The van der Waals surface area contributed by atoms with Crippen LogP contribution in [-0.2, 0) is 22.5 Å². The van der Waals surface area contributed by atoms with Gasteiger partial charge in [-0.1, -0.05) is 24.3 Å². The van der Waals surface area contributed by atoms with Crippen molar-refractivity contribution < 1.29 is 18.7 Å². The van der Waals surface area contributed by atoms with Gasteiger partial charge in [0.1, 0.15) is 5.82 Å². The van der Waals surface area contributed by atoms with Crippen molar-refractivity contribution in [3.05, 3.63) is 71.0 Å². The van der Waals surface area contributed by atoms with E-state index in [0.29, 0.717) is 17.7 Å². The molecule has 0 bridgehead atoms. The highest BCUT2D eigenvalue weighted by atomic mass is 19.1. The topological polar surface area (TPSA) is 46.6 Å². The van der Waals surface area contributed by atoms with Crippen molar-refractivity contribution in [3.8, 4) is 0 Å². The lowest BCUT2D eigenvalue weighted by molar-refractivity contribution is -0.129. The number of esters is 1. The molecule has 4 nitrogen and oxygen atoms in total. The van der Waals surface area contributed by atoms with Crippen LogP contribution in [0, 0.1) is 5.82 Å². The molecule has 0 fully saturated rings. The molecule has 0 saturated carbocycles. The number of halogens is 1. The van der Waals surface area contributed by atoms with E-state index in [1.807, 2.05) is 0 Å². The first-order valence-corrected chi connectivity index (χ1v) is 7.15. The number of likely N-dealkylation sites (N-methyl/N-ethyl adjacent to an activating group) is 1. The Bertz CT molecular complexity index is 698. The quantitative estimate of drug-likeness (QED) is 0.797. The first-order chi connectivity index (χ1) is 11.0. The Hall–Kier alpha value is -2.69. The number of carbonyl (C=O) groups is 2. The van der Waals surface area contributed by atoms with Gasteiger partial charge in [-0.25, -0.2) is 9.18 Å². The zero-order valence-corrected chi connectivity index (χ0v) is 13.1. The monoisotopic (exact) mass is 315 g/mol. The lowest BCUT2D eigenvalue weighted by atomic mass is 10.1. The molecule has 0 aromatic heterocycles. The Balaban J connectivity index is 1.96. The molecule has 120 valence electrons. The highest BCUT2D eigenvalue weighted by Gasteiger charge is 2.11. The summed E-state index contributed by atoms with van der Waals surface area (Å²) in [6, 6.07) is 12.9. The molecule has 0 aliphatic carbocycles. The Labute approximate surface area is 134 Å². The second kappa shape index (κ2) is 7.54. The summed E-state index contributed by atoms with van der Waals surface area (Å²) in [5.41, 5.74) is 2.00. The summed E-state index contributed by atoms with van der Waals surface area (Å²) >= 11 is 0. The predicted molar refractivity (Wildman–Crippen MR) is 84.4 cm³/mol. The Morgan fingerprint density at radius 1 is 1.09 bits per heavy atom. The first-order valence-electron chi connectivity index (χ1n) is 7.15. The van der Waals surface area contributed by atoms with Gasteiger partial charge in [0, 0.05) is 13.6 Å². The molecule has 0 unspecified atom stereocenters. The third kappa shape index (κ3) is 4.64. The average molecular weight is 315 g/mol. The number of carbonyl (C=O) groups excluding carboxylic acids is 2. The van der Waals surface area contributed by atoms with Crippen LogP contribution in [0.1, 0.15) is 21.5 Å². The number of amides is 1. The van der Waals surface area contributed by atoms with Gasteiger partial charge in [0.15, 0.2) is 0 Å². The standard InChI is InChI=1S/C18H18FNO3/c1-20(17(21)11-14-4-3-5-16(19)10-14)12-13-6-8-15(9-7-13)18(22)23-2/h3-10H,11-12H2,1-2H3. The van der Waals surface area contributed by atoms with Crippen LogP contribution in [0.15, 0.2) is 48.5 Å². The van der Waals surface area contributed by atoms with Gasteiger partial charge in [0.05, 0.1) is 19.1 Å². The van der Waals surface area contributed by atoms with Crippen LogP contribution in [0.5, 0.6) is 0 Å². The van der Waals surface area contributed by atoms with Crippen molar-refractivity contribution in [2.24, 2.45) is 0 Å². The molecule has 2 aromatic rings. The van der Waals surface area contributed by atoms with E-state index in [2.05, 4.69) is 4.74 Å². The summed E-state index contributed by atoms with van der Waals surface area (Å²) in [6.07, 6.45) is 0.147. The highest BCUT2D eigenvalue weighted by molar-refractivity contribution is 5.89. The Morgan fingerprint density at radius 2 is 1.78 bits per heavy atom. The van der Waals surface area contributed by atoms with Crippen LogP contribution in [0.25, 0.3) is 0 Å². The molecular formula is C18H18FNO3. The van der Waals surface area contributed by atoms with Crippen molar-refractivity contribution in [1.82, 2.24) is 4.90 Å². The number of hydrogen-bond donors (Lipinski definition) is 0. The molecule has 0 spiro atoms. The van der Waals surface area contributed by atoms with Crippen molar-refractivity contribution in [3.63, 3.8) is 0 Å². The molecule has 23 heavy (non-hydrogen) atoms. The van der Waals surface area contributed by atoms with E-state index in [1.165, 1.54) is 19.2 Å². The van der Waals surface area contributed by atoms with Gasteiger partial charge in [-0.05, 0) is 35.4 Å². The average Bonchev–Trinajstić information content (AvgIpc) is 2.54. The molecule has 2 rings (SSSR count). The number of methoxy groups -OCH3 is 1. The lowest BCUT2D eigenvalue weighted by Crippen LogP contribution is -2.27. The fourth-order valence-electron chi connectivity index (χ4n) is 2.18. The molecule has 1 amide bonds. The number of hydrogen-bond acceptors (Lipinski definition) is 3. The normalized spacial score (nSPS) is 10.2. The van der Waals surface area contributed by atoms with E-state index in [-0.39, 0.29) is 18.1 Å². The molecule has 0 heterocycles. The second-order valence-electron chi connectivity index (χ2n) is 5.25. The SMILES string of the molecule is COC(=O)c1ccc(CN(C)C(=O)Cc2cccc(F)c2)cc1. The van der Waals surface area contributed by atoms with E-state index in [0.717, 1.165) is 5.56 Å². The van der Waals surface area contributed by atoms with Crippen LogP contribution >= 0.6 is 0 Å². The third-order valence-corrected chi connectivity index (χ3v) is 3.46. The molecule has 0 N–H and O–H groups in total. The van der Waals surface area contributed by atoms with E-state index in [1.54, 1.807) is 48.3 Å². The highest BCUT2D eigenvalue weighted by Crippen LogP contribution is 2.10. The molecule has 0 aliphatic rings. The summed E-state index contributed by atoms with van der Waals surface area (Å²) in [7, 11) is 3.02. The van der Waals surface area contributed by atoms with Crippen molar-refractivity contribution >= 4 is 11.9 Å². The van der Waals surface area contributed by atoms with Gasteiger partial charge < -0.3 is 9.64 Å². The number of ether oxygens (including phenoxy) is 1. The van der Waals surface area contributed by atoms with Crippen LogP contribution < -0.4 is 0 Å². The molecule has 0 saturated heterocycles. The van der Waals surface area contributed by atoms with Crippen LogP contribution in [0.3, 0.4) is 0 Å². The third-order valence-electron chi connectivity index (χ3n) is 3.46. The minimum Gasteiger partial charge on any atom is -0.465 e. The second-order valence-corrected chi connectivity index (χ2v) is 5.25. The largest absolute Gasteiger partial charge is 0.465 e. The van der Waals surface area contributed by atoms with E-state index >= 15 is 0 Å². The molecule has 0 radical (unpaired) electrons. The molecule has 2 aromatic carbocycles. The maximum atomic E-state index is 13.1. The number of rotatable bonds is 5. The minimum atomic E-state index is -0.396. The maximum absolute atomic E-state index is 13.1. The van der Waals surface area contributed by atoms with Gasteiger partial charge in [-0.3, -0.25) is 4.79 Å². The minimum absolute atomic E-state index is 0.104. The van der Waals surface area contributed by atoms with Crippen LogP contribution in [-0.4, -0.2) is 30.9 Å². The fraction of sp³-hybridized carbons (Fsp3) is 0.222. The maximum Gasteiger partial charge on any atom is 0.337 e. The summed E-state index contributed by atoms with van der Waals surface area (Å²) in [6.45, 7) is 0.412. The van der Waals surface area contributed by atoms with Gasteiger partial charge >= 0.3 is 5.97 Å². The van der Waals surface area contributed by atoms with Gasteiger partial charge in [-0.2, -0.15) is 0 Å². The fourth-order valence-corrected chi connectivity index (χ4v) is 2.18. The first kappa shape index (κ1) is 16.7. The van der Waals surface area contributed by atoms with Crippen molar-refractivity contribution in [2.75, 3.05) is 14.2 Å². The van der Waals surface area contributed by atoms with Crippen LogP contribution in [0.2, 0.25) is 0 Å². The summed E-state index contributed by atoms with van der Waals surface area (Å²) in [5, 5.41) is 0. The lowest BCUT2D eigenvalue weighted by Gasteiger charge is -2.17.